The first kappa shape index (κ1) is 13.6. The number of aromatic nitrogens is 1. The van der Waals surface area contributed by atoms with Gasteiger partial charge in [-0.3, -0.25) is 5.73 Å². The van der Waals surface area contributed by atoms with Crippen molar-refractivity contribution in [1.29, 1.82) is 5.26 Å². The Hall–Kier alpha value is -2.34. The molecule has 0 aliphatic heterocycles. The third-order valence-electron chi connectivity index (χ3n) is 4.34. The highest BCUT2D eigenvalue weighted by molar-refractivity contribution is 5.80. The molecular weight excluding hydrogens is 258 g/mol. The van der Waals surface area contributed by atoms with E-state index < -0.39 is 0 Å². The lowest BCUT2D eigenvalue weighted by Crippen LogP contribution is -2.24. The minimum absolute atomic E-state index is 0.494. The molecule has 106 valence electrons. The van der Waals surface area contributed by atoms with Crippen molar-refractivity contribution in [3.63, 3.8) is 0 Å². The summed E-state index contributed by atoms with van der Waals surface area (Å²) in [6.45, 7) is 4.19. The summed E-state index contributed by atoms with van der Waals surface area (Å²) in [6.07, 6.45) is 4.39. The molecule has 0 saturated carbocycles. The Bertz CT molecular complexity index is 754. The topological polar surface area (TPSA) is 64.0 Å². The lowest BCUT2D eigenvalue weighted by molar-refractivity contribution is -0.374. The lowest BCUT2D eigenvalue weighted by Gasteiger charge is -2.20. The van der Waals surface area contributed by atoms with Crippen LogP contribution in [0.3, 0.4) is 0 Å². The van der Waals surface area contributed by atoms with Gasteiger partial charge in [-0.1, -0.05) is 23.8 Å². The zero-order valence-electron chi connectivity index (χ0n) is 12.6. The number of H-pyrrole nitrogens is 1. The van der Waals surface area contributed by atoms with Gasteiger partial charge in [-0.2, -0.15) is 5.26 Å². The van der Waals surface area contributed by atoms with Gasteiger partial charge in [0.25, 0.3) is 5.82 Å². The predicted molar refractivity (Wildman–Crippen MR) is 83.7 cm³/mol. The highest BCUT2D eigenvalue weighted by Gasteiger charge is 2.25. The van der Waals surface area contributed by atoms with Gasteiger partial charge in [-0.15, -0.1) is 0 Å². The Morgan fingerprint density at radius 3 is 2.67 bits per heavy atom. The number of nitrogens with zero attached hydrogens (tertiary/aromatic N) is 1. The predicted octanol–water partition coefficient (Wildman–Crippen LogP) is 3.12. The molecule has 0 saturated heterocycles. The summed E-state index contributed by atoms with van der Waals surface area (Å²) in [5, 5.41) is 9.56. The van der Waals surface area contributed by atoms with Gasteiger partial charge >= 0.3 is 0 Å². The number of nitrogens with two attached hydrogens (primary N) is 1. The first-order chi connectivity index (χ1) is 10.1. The molecule has 1 aromatic heterocycles. The van der Waals surface area contributed by atoms with Crippen molar-refractivity contribution >= 4 is 5.82 Å². The fourth-order valence-electron chi connectivity index (χ4n) is 3.34. The number of fused-ring (bicyclic) bond motifs is 1. The highest BCUT2D eigenvalue weighted by Crippen LogP contribution is 2.36. The summed E-state index contributed by atoms with van der Waals surface area (Å²) in [7, 11) is 0. The smallest absolute Gasteiger partial charge is 0.286 e. The van der Waals surface area contributed by atoms with E-state index in [9.17, 15) is 5.26 Å². The SMILES string of the molecule is Cc1ccc(-c2c(C#N)c(N)[nH+]c3c2CCCC3)c(C)c1. The van der Waals surface area contributed by atoms with Crippen molar-refractivity contribution in [2.75, 3.05) is 5.73 Å². The molecule has 0 spiro atoms. The number of nitriles is 1. The Morgan fingerprint density at radius 2 is 1.95 bits per heavy atom. The van der Waals surface area contributed by atoms with E-state index in [1.807, 2.05) is 0 Å². The third-order valence-corrected chi connectivity index (χ3v) is 4.34. The lowest BCUT2D eigenvalue weighted by atomic mass is 9.85. The summed E-state index contributed by atoms with van der Waals surface area (Å²) in [5.74, 6) is 0.494. The first-order valence-corrected chi connectivity index (χ1v) is 7.46. The van der Waals surface area contributed by atoms with Gasteiger partial charge < -0.3 is 0 Å². The van der Waals surface area contributed by atoms with E-state index in [1.54, 1.807) is 0 Å². The monoisotopic (exact) mass is 278 g/mol. The van der Waals surface area contributed by atoms with Crippen LogP contribution in [-0.4, -0.2) is 0 Å². The number of nitrogen functional groups attached to an aromatic ring is 1. The van der Waals surface area contributed by atoms with Crippen LogP contribution in [-0.2, 0) is 12.8 Å². The van der Waals surface area contributed by atoms with Crippen LogP contribution in [0.1, 0.15) is 40.8 Å². The van der Waals surface area contributed by atoms with Gasteiger partial charge in [0.15, 0.2) is 0 Å². The maximum Gasteiger partial charge on any atom is 0.289 e. The number of aromatic amines is 1. The number of rotatable bonds is 1. The van der Waals surface area contributed by atoms with Crippen molar-refractivity contribution in [2.45, 2.75) is 39.5 Å². The average molecular weight is 278 g/mol. The molecule has 3 rings (SSSR count). The molecule has 0 radical (unpaired) electrons. The van der Waals surface area contributed by atoms with Crippen LogP contribution >= 0.6 is 0 Å². The molecular formula is C18H20N3+. The van der Waals surface area contributed by atoms with E-state index in [0.29, 0.717) is 11.4 Å². The van der Waals surface area contributed by atoms with Crippen molar-refractivity contribution in [1.82, 2.24) is 0 Å². The molecule has 0 bridgehead atoms. The van der Waals surface area contributed by atoms with E-state index >= 15 is 0 Å². The van der Waals surface area contributed by atoms with Crippen LogP contribution in [0.4, 0.5) is 5.82 Å². The first-order valence-electron chi connectivity index (χ1n) is 7.46. The Morgan fingerprint density at radius 1 is 1.19 bits per heavy atom. The maximum absolute atomic E-state index is 9.56. The molecule has 3 N–H and O–H groups in total. The Labute approximate surface area is 125 Å². The number of anilines is 1. The zero-order chi connectivity index (χ0) is 15.0. The van der Waals surface area contributed by atoms with Crippen LogP contribution < -0.4 is 10.7 Å². The second-order valence-electron chi connectivity index (χ2n) is 5.88. The van der Waals surface area contributed by atoms with E-state index in [1.165, 1.54) is 35.2 Å². The summed E-state index contributed by atoms with van der Waals surface area (Å²) in [4.78, 5) is 3.24. The Balaban J connectivity index is 2.34. The molecule has 0 amide bonds. The van der Waals surface area contributed by atoms with Crippen LogP contribution in [0.25, 0.3) is 11.1 Å². The third kappa shape index (κ3) is 2.27. The summed E-state index contributed by atoms with van der Waals surface area (Å²) in [6, 6.07) is 8.69. The largest absolute Gasteiger partial charge is 0.289 e. The summed E-state index contributed by atoms with van der Waals surface area (Å²) >= 11 is 0. The minimum Gasteiger partial charge on any atom is -0.286 e. The molecule has 21 heavy (non-hydrogen) atoms. The van der Waals surface area contributed by atoms with Crippen molar-refractivity contribution in [2.24, 2.45) is 0 Å². The van der Waals surface area contributed by atoms with Crippen molar-refractivity contribution < 1.29 is 4.98 Å². The van der Waals surface area contributed by atoms with Gasteiger partial charge in [0, 0.05) is 17.5 Å². The molecule has 1 heterocycles. The van der Waals surface area contributed by atoms with Gasteiger partial charge in [0.05, 0.1) is 0 Å². The van der Waals surface area contributed by atoms with Crippen LogP contribution in [0.2, 0.25) is 0 Å². The van der Waals surface area contributed by atoms with E-state index in [2.05, 4.69) is 43.1 Å². The summed E-state index contributed by atoms with van der Waals surface area (Å²) in [5.41, 5.74) is 13.8. The fraction of sp³-hybridized carbons (Fsp3) is 0.333. The zero-order valence-corrected chi connectivity index (χ0v) is 12.6. The molecule has 1 aliphatic rings. The van der Waals surface area contributed by atoms with Gasteiger partial charge in [-0.05, 0) is 44.2 Å². The maximum atomic E-state index is 9.56. The number of nitrogens with one attached hydrogen (secondary N) is 1. The quantitative estimate of drug-likeness (QED) is 0.871. The molecule has 1 aliphatic carbocycles. The number of pyridine rings is 1. The van der Waals surface area contributed by atoms with Crippen LogP contribution in [0.5, 0.6) is 0 Å². The molecule has 0 atom stereocenters. The van der Waals surface area contributed by atoms with Crippen molar-refractivity contribution in [3.05, 3.63) is 46.1 Å². The van der Waals surface area contributed by atoms with Gasteiger partial charge in [-0.25, -0.2) is 4.98 Å². The molecule has 3 heteroatoms. The summed E-state index contributed by atoms with van der Waals surface area (Å²) < 4.78 is 0. The fourth-order valence-corrected chi connectivity index (χ4v) is 3.34. The highest BCUT2D eigenvalue weighted by atomic mass is 14.9. The van der Waals surface area contributed by atoms with Gasteiger partial charge in [0.2, 0.25) is 0 Å². The van der Waals surface area contributed by atoms with Crippen LogP contribution in [0, 0.1) is 25.2 Å². The van der Waals surface area contributed by atoms with Crippen LogP contribution in [0.15, 0.2) is 18.2 Å². The number of aryl methyl sites for hydroxylation is 3. The van der Waals surface area contributed by atoms with Gasteiger partial charge in [0.1, 0.15) is 17.3 Å². The molecule has 1 aromatic carbocycles. The average Bonchev–Trinajstić information content (AvgIpc) is 2.46. The molecule has 2 aromatic rings. The molecule has 0 unspecified atom stereocenters. The Kier molecular flexibility index (Phi) is 3.39. The molecule has 3 nitrogen and oxygen atoms in total. The minimum atomic E-state index is 0.494. The van der Waals surface area contributed by atoms with Crippen molar-refractivity contribution in [3.8, 4) is 17.2 Å². The molecule has 0 fully saturated rings. The van der Waals surface area contributed by atoms with E-state index in [-0.39, 0.29) is 0 Å². The van der Waals surface area contributed by atoms with E-state index in [0.717, 1.165) is 24.0 Å². The number of hydrogen-bond donors (Lipinski definition) is 1. The number of hydrogen-bond acceptors (Lipinski definition) is 2. The second kappa shape index (κ2) is 5.21. The number of benzene rings is 1. The second-order valence-corrected chi connectivity index (χ2v) is 5.88. The normalized spacial score (nSPS) is 13.6. The standard InChI is InChI=1S/C18H19N3/c1-11-7-8-13(12(2)9-11)17-14-5-3-4-6-16(14)21-18(20)15(17)10-19/h7-9H,3-6H2,1-2H3,(H2,20,21)/p+1. The van der Waals surface area contributed by atoms with E-state index in [4.69, 9.17) is 5.73 Å².